The molecule has 1 aliphatic rings. The third-order valence-corrected chi connectivity index (χ3v) is 18.2. The summed E-state index contributed by atoms with van der Waals surface area (Å²) < 4.78 is 4.98. The Bertz CT molecular complexity index is 3410. The summed E-state index contributed by atoms with van der Waals surface area (Å²) in [6.07, 6.45) is 0. The molecule has 2 nitrogen and oxygen atoms in total. The van der Waals surface area contributed by atoms with Gasteiger partial charge in [0.05, 0.1) is 22.1 Å². The van der Waals surface area contributed by atoms with Crippen molar-refractivity contribution in [1.29, 1.82) is 0 Å². The predicted octanol–water partition coefficient (Wildman–Crippen LogP) is 11.6. The Morgan fingerprint density at radius 3 is 1.62 bits per heavy atom. The minimum atomic E-state index is -2.98. The Morgan fingerprint density at radius 1 is 0.350 bits per heavy atom. The van der Waals surface area contributed by atoms with Gasteiger partial charge >= 0.3 is 0 Å². The molecule has 60 heavy (non-hydrogen) atoms. The zero-order valence-corrected chi connectivity index (χ0v) is 34.7. The van der Waals surface area contributed by atoms with Crippen molar-refractivity contribution in [1.82, 2.24) is 9.13 Å². The van der Waals surface area contributed by atoms with E-state index in [2.05, 4.69) is 241 Å². The van der Waals surface area contributed by atoms with Crippen LogP contribution in [0.25, 0.3) is 66.1 Å². The summed E-state index contributed by atoms with van der Waals surface area (Å²) in [5.74, 6) is 0. The van der Waals surface area contributed by atoms with Crippen molar-refractivity contribution in [3.8, 4) is 22.5 Å². The lowest BCUT2D eigenvalue weighted by Gasteiger charge is -2.35. The number of para-hydroxylation sites is 3. The fourth-order valence-corrected chi connectivity index (χ4v) is 15.6. The van der Waals surface area contributed by atoms with Gasteiger partial charge in [-0.1, -0.05) is 184 Å². The molecule has 12 rings (SSSR count). The van der Waals surface area contributed by atoms with Gasteiger partial charge in [0.2, 0.25) is 0 Å². The Hall–Kier alpha value is -7.20. The quantitative estimate of drug-likeness (QED) is 0.117. The average Bonchev–Trinajstić information content (AvgIpc) is 3.91. The van der Waals surface area contributed by atoms with Crippen LogP contribution in [0.3, 0.4) is 0 Å². The van der Waals surface area contributed by atoms with Crippen molar-refractivity contribution in [2.24, 2.45) is 0 Å². The zero-order valence-electron chi connectivity index (χ0n) is 33.7. The highest BCUT2D eigenvalue weighted by Gasteiger charge is 2.42. The third kappa shape index (κ3) is 4.81. The van der Waals surface area contributed by atoms with Gasteiger partial charge in [-0.05, 0) is 91.5 Å². The van der Waals surface area contributed by atoms with Gasteiger partial charge in [-0.25, -0.2) is 0 Å². The van der Waals surface area contributed by atoms with Crippen molar-refractivity contribution in [2.45, 2.75) is 19.3 Å². The highest BCUT2D eigenvalue weighted by Crippen LogP contribution is 2.53. The van der Waals surface area contributed by atoms with Gasteiger partial charge in [0.25, 0.3) is 0 Å². The van der Waals surface area contributed by atoms with Crippen molar-refractivity contribution >= 4 is 72.4 Å². The lowest BCUT2D eigenvalue weighted by molar-refractivity contribution is 0.661. The Labute approximate surface area is 351 Å². The minimum absolute atomic E-state index is 0.0763. The number of hydrogen-bond donors (Lipinski definition) is 0. The van der Waals surface area contributed by atoms with Crippen molar-refractivity contribution in [2.75, 3.05) is 0 Å². The maximum Gasteiger partial charge on any atom is 0.179 e. The zero-order chi connectivity index (χ0) is 40.0. The molecule has 2 aromatic heterocycles. The van der Waals surface area contributed by atoms with E-state index in [9.17, 15) is 0 Å². The van der Waals surface area contributed by atoms with E-state index in [0.717, 1.165) is 0 Å². The average molecular weight is 783 g/mol. The smallest absolute Gasteiger partial charge is 0.179 e. The maximum atomic E-state index is 2.52. The molecule has 0 radical (unpaired) electrons. The van der Waals surface area contributed by atoms with Gasteiger partial charge in [0.15, 0.2) is 8.07 Å². The number of nitrogens with zero attached hydrogens (tertiary/aromatic N) is 2. The lowest BCUT2D eigenvalue weighted by atomic mass is 9.82. The van der Waals surface area contributed by atoms with Gasteiger partial charge < -0.3 is 9.13 Å². The summed E-state index contributed by atoms with van der Waals surface area (Å²) in [7, 11) is -2.98. The summed E-state index contributed by atoms with van der Waals surface area (Å²) in [5.41, 5.74) is 12.7. The predicted molar refractivity (Wildman–Crippen MR) is 256 cm³/mol. The first-order valence-electron chi connectivity index (χ1n) is 21.0. The molecule has 0 N–H and O–H groups in total. The second-order valence-electron chi connectivity index (χ2n) is 16.9. The molecular formula is C57H42N2Si. The monoisotopic (exact) mass is 782 g/mol. The van der Waals surface area contributed by atoms with Crippen LogP contribution in [0.4, 0.5) is 0 Å². The summed E-state index contributed by atoms with van der Waals surface area (Å²) >= 11 is 0. The fraction of sp³-hybridized carbons (Fsp3) is 0.0526. The second kappa shape index (κ2) is 13.2. The molecule has 2 heterocycles. The topological polar surface area (TPSA) is 9.86 Å². The maximum absolute atomic E-state index is 2.98. The van der Waals surface area contributed by atoms with E-state index >= 15 is 0 Å². The molecule has 0 saturated heterocycles. The molecule has 0 fully saturated rings. The highest BCUT2D eigenvalue weighted by atomic mass is 28.3. The molecule has 3 heteroatoms. The van der Waals surface area contributed by atoms with Crippen LogP contribution in [0, 0.1) is 0 Å². The number of fused-ring (bicyclic) bond motifs is 10. The van der Waals surface area contributed by atoms with Crippen molar-refractivity contribution in [3.05, 3.63) is 230 Å². The molecule has 0 unspecified atom stereocenters. The van der Waals surface area contributed by atoms with Gasteiger partial charge in [-0.2, -0.15) is 0 Å². The normalized spacial score (nSPS) is 13.3. The van der Waals surface area contributed by atoms with Crippen LogP contribution in [0.5, 0.6) is 0 Å². The van der Waals surface area contributed by atoms with Crippen LogP contribution >= 0.6 is 0 Å². The first kappa shape index (κ1) is 34.8. The molecule has 0 spiro atoms. The van der Waals surface area contributed by atoms with Crippen LogP contribution < -0.4 is 20.7 Å². The molecule has 0 saturated carbocycles. The van der Waals surface area contributed by atoms with E-state index < -0.39 is 8.07 Å². The van der Waals surface area contributed by atoms with Crippen LogP contribution in [0.2, 0.25) is 0 Å². The van der Waals surface area contributed by atoms with E-state index in [1.807, 2.05) is 0 Å². The minimum Gasteiger partial charge on any atom is -0.309 e. The first-order chi connectivity index (χ1) is 29.5. The second-order valence-corrected chi connectivity index (χ2v) is 20.7. The molecular weight excluding hydrogens is 741 g/mol. The Kier molecular flexibility index (Phi) is 7.63. The van der Waals surface area contributed by atoms with Crippen LogP contribution in [-0.4, -0.2) is 17.2 Å². The van der Waals surface area contributed by atoms with Gasteiger partial charge in [-0.15, -0.1) is 0 Å². The van der Waals surface area contributed by atoms with Gasteiger partial charge in [0, 0.05) is 38.3 Å². The molecule has 11 aromatic rings. The molecule has 9 aromatic carbocycles. The standard InChI is InChI=1S/C57H42N2Si/c1-57(2)49-30-15-12-28-47(49)55-50(57)35-36-53-56(55)48-29-14-17-32-52(48)59(53)40-21-18-26-43(37-40)60(41-22-8-4-9-23-41,42-24-10-5-11-25-42)44-33-34-46-45-27-13-16-31-51(45)58(54(46)38-44)39-19-6-3-7-20-39/h3-38H,1-2H3. The number of aromatic nitrogens is 2. The molecule has 0 bridgehead atoms. The molecule has 1 aliphatic carbocycles. The molecule has 0 amide bonds. The number of benzene rings is 9. The van der Waals surface area contributed by atoms with E-state index in [1.54, 1.807) is 0 Å². The Morgan fingerprint density at radius 2 is 0.883 bits per heavy atom. The highest BCUT2D eigenvalue weighted by molar-refractivity contribution is 7.20. The van der Waals surface area contributed by atoms with E-state index in [-0.39, 0.29) is 5.41 Å². The van der Waals surface area contributed by atoms with E-state index in [4.69, 9.17) is 0 Å². The summed E-state index contributed by atoms with van der Waals surface area (Å²) in [4.78, 5) is 0. The van der Waals surface area contributed by atoms with Gasteiger partial charge in [0.1, 0.15) is 0 Å². The number of rotatable bonds is 6. The largest absolute Gasteiger partial charge is 0.309 e. The van der Waals surface area contributed by atoms with Crippen molar-refractivity contribution < 1.29 is 0 Å². The Balaban J connectivity index is 1.17. The summed E-state index contributed by atoms with van der Waals surface area (Å²) in [6, 6.07) is 82.0. The SMILES string of the molecule is CC1(C)c2ccccc2-c2c1ccc1c2c2ccccc2n1-c1cccc([Si](c2ccccc2)(c2ccccc2)c2ccc3c4ccccc4n(-c4ccccc4)c3c2)c1. The van der Waals surface area contributed by atoms with Crippen LogP contribution in [0.1, 0.15) is 25.0 Å². The summed E-state index contributed by atoms with van der Waals surface area (Å²) in [6.45, 7) is 4.75. The van der Waals surface area contributed by atoms with Crippen LogP contribution in [-0.2, 0) is 5.41 Å². The molecule has 0 aliphatic heterocycles. The third-order valence-electron chi connectivity index (χ3n) is 13.5. The first-order valence-corrected chi connectivity index (χ1v) is 23.0. The van der Waals surface area contributed by atoms with Crippen molar-refractivity contribution in [3.63, 3.8) is 0 Å². The van der Waals surface area contributed by atoms with Gasteiger partial charge in [-0.3, -0.25) is 0 Å². The summed E-state index contributed by atoms with van der Waals surface area (Å²) in [5, 5.41) is 10.6. The fourth-order valence-electron chi connectivity index (χ4n) is 10.8. The lowest BCUT2D eigenvalue weighted by Crippen LogP contribution is -2.74. The van der Waals surface area contributed by atoms with E-state index in [1.165, 1.54) is 98.0 Å². The van der Waals surface area contributed by atoms with Crippen LogP contribution in [0.15, 0.2) is 218 Å². The number of hydrogen-bond acceptors (Lipinski definition) is 0. The molecule has 0 atom stereocenters. The molecule has 284 valence electrons. The van der Waals surface area contributed by atoms with E-state index in [0.29, 0.717) is 0 Å².